The van der Waals surface area contributed by atoms with Gasteiger partial charge < -0.3 is 19.9 Å². The molecule has 0 spiro atoms. The van der Waals surface area contributed by atoms with Crippen LogP contribution < -0.4 is 19.9 Å². The van der Waals surface area contributed by atoms with Crippen LogP contribution in [0, 0.1) is 0 Å². The van der Waals surface area contributed by atoms with Crippen molar-refractivity contribution < 1.29 is 22.7 Å². The van der Waals surface area contributed by atoms with Gasteiger partial charge in [0.25, 0.3) is 0 Å². The number of nitrogens with zero attached hydrogens (tertiary/aromatic N) is 6. The number of ether oxygens (including phenoxy) is 1. The summed E-state index contributed by atoms with van der Waals surface area (Å²) in [7, 11) is 1.88. The highest BCUT2D eigenvalue weighted by atomic mass is 19.4. The van der Waals surface area contributed by atoms with E-state index in [1.165, 1.54) is 4.90 Å². The number of halogens is 3. The molecule has 1 unspecified atom stereocenters. The van der Waals surface area contributed by atoms with Gasteiger partial charge in [0.2, 0.25) is 17.7 Å². The number of hydrogen-bond donors (Lipinski definition) is 1. The molecule has 2 aromatic rings. The third kappa shape index (κ3) is 5.18. The SMILES string of the molecule is CC1C(=O)N2CCCc3nc(NCc4ccc(OC5CCN(CC(F)(F)F)CC5)nc4)nc(c32)N1C. The Hall–Kier alpha value is -3.15. The molecule has 3 aliphatic heterocycles. The molecule has 0 radical (unpaired) electrons. The maximum Gasteiger partial charge on any atom is 0.401 e. The number of carbonyl (C=O) groups excluding carboxylic acids is 1. The summed E-state index contributed by atoms with van der Waals surface area (Å²) < 4.78 is 43.6. The molecule has 5 heterocycles. The molecule has 0 aromatic carbocycles. The van der Waals surface area contributed by atoms with Crippen LogP contribution in [0.4, 0.5) is 30.6 Å². The first-order valence-electron chi connectivity index (χ1n) is 12.3. The Balaban J connectivity index is 1.18. The van der Waals surface area contributed by atoms with Crippen molar-refractivity contribution in [3.05, 3.63) is 29.6 Å². The van der Waals surface area contributed by atoms with E-state index in [9.17, 15) is 18.0 Å². The summed E-state index contributed by atoms with van der Waals surface area (Å²) in [6.07, 6.45) is 0.139. The summed E-state index contributed by atoms with van der Waals surface area (Å²) in [6.45, 7) is 2.88. The van der Waals surface area contributed by atoms with Crippen molar-refractivity contribution in [3.8, 4) is 5.88 Å². The average molecular weight is 506 g/mol. The molecule has 0 bridgehead atoms. The predicted octanol–water partition coefficient (Wildman–Crippen LogP) is 3.01. The Bertz CT molecular complexity index is 1100. The molecule has 0 aliphatic carbocycles. The van der Waals surface area contributed by atoms with Gasteiger partial charge in [0.05, 0.1) is 12.2 Å². The van der Waals surface area contributed by atoms with Crippen LogP contribution in [0.5, 0.6) is 5.88 Å². The minimum Gasteiger partial charge on any atom is -0.474 e. The number of pyridine rings is 1. The van der Waals surface area contributed by atoms with Gasteiger partial charge in [-0.3, -0.25) is 9.69 Å². The molecule has 36 heavy (non-hydrogen) atoms. The molecule has 1 saturated heterocycles. The van der Waals surface area contributed by atoms with Crippen molar-refractivity contribution in [2.24, 2.45) is 0 Å². The van der Waals surface area contributed by atoms with E-state index in [1.54, 1.807) is 12.3 Å². The van der Waals surface area contributed by atoms with Crippen molar-refractivity contribution in [1.82, 2.24) is 19.9 Å². The number of carbonyl (C=O) groups is 1. The van der Waals surface area contributed by atoms with Crippen LogP contribution in [0.1, 0.15) is 37.4 Å². The molecular weight excluding hydrogens is 475 g/mol. The second-order valence-electron chi connectivity index (χ2n) is 9.61. The molecule has 3 aliphatic rings. The number of likely N-dealkylation sites (N-methyl/N-ethyl adjacent to an activating group) is 1. The molecule has 2 aromatic heterocycles. The summed E-state index contributed by atoms with van der Waals surface area (Å²) in [5.41, 5.74) is 2.62. The van der Waals surface area contributed by atoms with Gasteiger partial charge in [-0.2, -0.15) is 18.2 Å². The van der Waals surface area contributed by atoms with Gasteiger partial charge in [-0.25, -0.2) is 9.97 Å². The molecule has 1 amide bonds. The van der Waals surface area contributed by atoms with Gasteiger partial charge in [-0.05, 0) is 38.2 Å². The van der Waals surface area contributed by atoms with E-state index in [4.69, 9.17) is 9.72 Å². The third-order valence-electron chi connectivity index (χ3n) is 7.01. The molecule has 1 atom stereocenters. The van der Waals surface area contributed by atoms with Crippen molar-refractivity contribution >= 4 is 23.4 Å². The number of amides is 1. The normalized spacial score (nSPS) is 20.9. The first-order chi connectivity index (χ1) is 17.2. The Morgan fingerprint density at radius 3 is 2.64 bits per heavy atom. The van der Waals surface area contributed by atoms with E-state index in [-0.39, 0.29) is 18.1 Å². The zero-order valence-corrected chi connectivity index (χ0v) is 20.4. The first-order valence-corrected chi connectivity index (χ1v) is 12.3. The second-order valence-corrected chi connectivity index (χ2v) is 9.61. The van der Waals surface area contributed by atoms with Crippen LogP contribution in [-0.2, 0) is 17.8 Å². The lowest BCUT2D eigenvalue weighted by atomic mass is 10.0. The van der Waals surface area contributed by atoms with E-state index in [1.807, 2.05) is 29.8 Å². The van der Waals surface area contributed by atoms with Gasteiger partial charge in [0.1, 0.15) is 17.8 Å². The summed E-state index contributed by atoms with van der Waals surface area (Å²) in [5.74, 6) is 1.81. The quantitative estimate of drug-likeness (QED) is 0.642. The number of hydrogen-bond acceptors (Lipinski definition) is 8. The zero-order chi connectivity index (χ0) is 25.4. The van der Waals surface area contributed by atoms with Gasteiger partial charge >= 0.3 is 6.18 Å². The van der Waals surface area contributed by atoms with E-state index < -0.39 is 12.7 Å². The van der Waals surface area contributed by atoms with Crippen LogP contribution >= 0.6 is 0 Å². The molecular formula is C24H30F3N7O2. The predicted molar refractivity (Wildman–Crippen MR) is 128 cm³/mol. The Labute approximate surface area is 207 Å². The van der Waals surface area contributed by atoms with Gasteiger partial charge in [0.15, 0.2) is 5.82 Å². The summed E-state index contributed by atoms with van der Waals surface area (Å²) in [6, 6.07) is 3.39. The Morgan fingerprint density at radius 2 is 1.94 bits per heavy atom. The topological polar surface area (TPSA) is 86.7 Å². The Kier molecular flexibility index (Phi) is 6.62. The molecule has 12 heteroatoms. The van der Waals surface area contributed by atoms with E-state index in [2.05, 4.69) is 15.3 Å². The monoisotopic (exact) mass is 505 g/mol. The fraction of sp³-hybridized carbons (Fsp3) is 0.583. The van der Waals surface area contributed by atoms with Crippen molar-refractivity contribution in [1.29, 1.82) is 0 Å². The number of anilines is 3. The minimum atomic E-state index is -4.17. The van der Waals surface area contributed by atoms with Crippen LogP contribution in [0.2, 0.25) is 0 Å². The highest BCUT2D eigenvalue weighted by Gasteiger charge is 2.39. The number of likely N-dealkylation sites (tertiary alicyclic amines) is 1. The standard InChI is InChI=1S/C24H30F3N7O2/c1-15-22(35)34-9-3-4-18-20(34)21(32(15)2)31-23(30-18)29-13-16-5-6-19(28-12-16)36-17-7-10-33(11-8-17)14-24(25,26)27/h5-6,12,15,17H,3-4,7-11,13-14H2,1-2H3,(H,29,30,31). The largest absolute Gasteiger partial charge is 0.474 e. The van der Waals surface area contributed by atoms with Gasteiger partial charge in [-0.1, -0.05) is 6.07 Å². The van der Waals surface area contributed by atoms with Crippen molar-refractivity contribution in [2.45, 2.75) is 57.5 Å². The Morgan fingerprint density at radius 1 is 1.17 bits per heavy atom. The lowest BCUT2D eigenvalue weighted by Gasteiger charge is -2.41. The highest BCUT2D eigenvalue weighted by molar-refractivity contribution is 6.05. The number of nitrogens with one attached hydrogen (secondary N) is 1. The fourth-order valence-electron chi connectivity index (χ4n) is 4.95. The summed E-state index contributed by atoms with van der Waals surface area (Å²) in [5, 5.41) is 3.27. The molecule has 194 valence electrons. The van der Waals surface area contributed by atoms with Crippen molar-refractivity contribution in [2.75, 3.05) is 48.3 Å². The summed E-state index contributed by atoms with van der Waals surface area (Å²) >= 11 is 0. The lowest BCUT2D eigenvalue weighted by molar-refractivity contribution is -0.149. The molecule has 5 rings (SSSR count). The van der Waals surface area contributed by atoms with Crippen LogP contribution in [0.25, 0.3) is 0 Å². The maximum absolute atomic E-state index is 12.7. The molecule has 0 saturated carbocycles. The second kappa shape index (κ2) is 9.72. The maximum atomic E-state index is 12.7. The van der Waals surface area contributed by atoms with Crippen LogP contribution in [-0.4, -0.2) is 77.3 Å². The average Bonchev–Trinajstić information content (AvgIpc) is 2.85. The number of piperidine rings is 1. The molecule has 1 N–H and O–H groups in total. The highest BCUT2D eigenvalue weighted by Crippen LogP contribution is 2.39. The number of aryl methyl sites for hydroxylation is 1. The van der Waals surface area contributed by atoms with E-state index >= 15 is 0 Å². The van der Waals surface area contributed by atoms with Gasteiger partial charge in [0, 0.05) is 45.5 Å². The molecule has 9 nitrogen and oxygen atoms in total. The lowest BCUT2D eigenvalue weighted by Crippen LogP contribution is -2.53. The van der Waals surface area contributed by atoms with Gasteiger partial charge in [-0.15, -0.1) is 0 Å². The number of aromatic nitrogens is 3. The summed E-state index contributed by atoms with van der Waals surface area (Å²) in [4.78, 5) is 31.5. The minimum absolute atomic E-state index is 0.0792. The van der Waals surface area contributed by atoms with E-state index in [0.717, 1.165) is 35.6 Å². The third-order valence-corrected chi connectivity index (χ3v) is 7.01. The number of rotatable bonds is 6. The molecule has 1 fully saturated rings. The van der Waals surface area contributed by atoms with Crippen LogP contribution in [0.15, 0.2) is 18.3 Å². The van der Waals surface area contributed by atoms with E-state index in [0.29, 0.717) is 50.8 Å². The number of alkyl halides is 3. The fourth-order valence-corrected chi connectivity index (χ4v) is 4.95. The van der Waals surface area contributed by atoms with Crippen molar-refractivity contribution in [3.63, 3.8) is 0 Å². The van der Waals surface area contributed by atoms with Crippen LogP contribution in [0.3, 0.4) is 0 Å². The smallest absolute Gasteiger partial charge is 0.401 e. The first kappa shape index (κ1) is 24.5. The zero-order valence-electron chi connectivity index (χ0n) is 20.4.